The lowest BCUT2D eigenvalue weighted by atomic mass is 10.1. The van der Waals surface area contributed by atoms with Crippen LogP contribution in [0.2, 0.25) is 0 Å². The number of oxazole rings is 1. The van der Waals surface area contributed by atoms with Gasteiger partial charge in [0.25, 0.3) is 0 Å². The summed E-state index contributed by atoms with van der Waals surface area (Å²) in [6.07, 6.45) is 2.51. The zero-order valence-corrected chi connectivity index (χ0v) is 14.8. The van der Waals surface area contributed by atoms with Crippen LogP contribution in [-0.4, -0.2) is 41.5 Å². The Bertz CT molecular complexity index is 1030. The maximum absolute atomic E-state index is 13.0. The smallest absolute Gasteiger partial charge is 0.415 e. The SMILES string of the molecule is CC1(CN2Cc3nc(-c4ccc(F)cn4)oc3C2)Cn2cc([N+](=O)[O-])nc2O1. The number of nitro groups is 1. The van der Waals surface area contributed by atoms with Crippen molar-refractivity contribution < 1.29 is 18.5 Å². The van der Waals surface area contributed by atoms with Crippen molar-refractivity contribution in [1.29, 1.82) is 0 Å². The van der Waals surface area contributed by atoms with Crippen LogP contribution in [0.1, 0.15) is 18.4 Å². The van der Waals surface area contributed by atoms with E-state index in [0.717, 1.165) is 17.7 Å². The van der Waals surface area contributed by atoms with Crippen molar-refractivity contribution >= 4 is 5.82 Å². The fraction of sp³-hybridized carbons (Fsp3) is 0.353. The van der Waals surface area contributed by atoms with Crippen molar-refractivity contribution in [2.75, 3.05) is 6.54 Å². The van der Waals surface area contributed by atoms with Crippen LogP contribution in [0.15, 0.2) is 28.9 Å². The minimum Gasteiger partial charge on any atom is -0.438 e. The number of rotatable bonds is 4. The van der Waals surface area contributed by atoms with E-state index in [1.54, 1.807) is 4.57 Å². The lowest BCUT2D eigenvalue weighted by Crippen LogP contribution is -2.43. The summed E-state index contributed by atoms with van der Waals surface area (Å²) in [6, 6.07) is 3.10. The molecule has 3 aromatic rings. The van der Waals surface area contributed by atoms with Gasteiger partial charge >= 0.3 is 11.8 Å². The molecule has 5 heterocycles. The summed E-state index contributed by atoms with van der Waals surface area (Å²) >= 11 is 0. The molecular formula is C17H15FN6O4. The normalized spacial score (nSPS) is 20.8. The minimum absolute atomic E-state index is 0.219. The lowest BCUT2D eigenvalue weighted by Gasteiger charge is -2.27. The van der Waals surface area contributed by atoms with Gasteiger partial charge in [-0.25, -0.2) is 14.4 Å². The van der Waals surface area contributed by atoms with Gasteiger partial charge in [-0.3, -0.25) is 9.47 Å². The molecule has 2 aliphatic heterocycles. The molecule has 10 nitrogen and oxygen atoms in total. The zero-order valence-electron chi connectivity index (χ0n) is 14.8. The third-order valence-corrected chi connectivity index (χ3v) is 4.78. The van der Waals surface area contributed by atoms with E-state index in [1.165, 1.54) is 18.3 Å². The van der Waals surface area contributed by atoms with E-state index in [-0.39, 0.29) is 11.8 Å². The van der Waals surface area contributed by atoms with Gasteiger partial charge in [0.1, 0.15) is 29.1 Å². The van der Waals surface area contributed by atoms with Crippen molar-refractivity contribution in [2.45, 2.75) is 32.2 Å². The van der Waals surface area contributed by atoms with E-state index in [4.69, 9.17) is 9.15 Å². The van der Waals surface area contributed by atoms with Gasteiger partial charge in [0.2, 0.25) is 5.89 Å². The molecule has 5 rings (SSSR count). The first-order valence-electron chi connectivity index (χ1n) is 8.62. The number of aromatic nitrogens is 4. The molecule has 0 aliphatic carbocycles. The average molecular weight is 386 g/mol. The fourth-order valence-corrected chi connectivity index (χ4v) is 3.66. The maximum Gasteiger partial charge on any atom is 0.415 e. The summed E-state index contributed by atoms with van der Waals surface area (Å²) in [5.74, 6) is 0.490. The van der Waals surface area contributed by atoms with Gasteiger partial charge in [-0.1, -0.05) is 0 Å². The highest BCUT2D eigenvalue weighted by Crippen LogP contribution is 2.34. The average Bonchev–Trinajstić information content (AvgIpc) is 3.33. The number of nitrogens with zero attached hydrogens (tertiary/aromatic N) is 6. The van der Waals surface area contributed by atoms with Crippen molar-refractivity contribution in [3.05, 3.63) is 51.9 Å². The second-order valence-electron chi connectivity index (χ2n) is 7.21. The molecule has 0 saturated heterocycles. The van der Waals surface area contributed by atoms with Crippen LogP contribution < -0.4 is 4.74 Å². The van der Waals surface area contributed by atoms with Gasteiger partial charge in [-0.15, -0.1) is 0 Å². The molecule has 0 fully saturated rings. The topological polar surface area (TPSA) is 112 Å². The number of imidazole rings is 1. The number of ether oxygens (including phenoxy) is 1. The molecule has 0 N–H and O–H groups in total. The van der Waals surface area contributed by atoms with Crippen LogP contribution in [0.3, 0.4) is 0 Å². The van der Waals surface area contributed by atoms with Crippen molar-refractivity contribution in [3.63, 3.8) is 0 Å². The molecule has 0 saturated carbocycles. The molecule has 0 bridgehead atoms. The third-order valence-electron chi connectivity index (χ3n) is 4.78. The highest BCUT2D eigenvalue weighted by atomic mass is 19.1. The Labute approximate surface area is 157 Å². The highest BCUT2D eigenvalue weighted by Gasteiger charge is 2.42. The number of fused-ring (bicyclic) bond motifs is 2. The second kappa shape index (κ2) is 5.83. The predicted molar refractivity (Wildman–Crippen MR) is 91.7 cm³/mol. The van der Waals surface area contributed by atoms with Gasteiger partial charge in [0, 0.05) is 18.1 Å². The van der Waals surface area contributed by atoms with Gasteiger partial charge in [0.05, 0.1) is 25.0 Å². The number of hydrogen-bond acceptors (Lipinski definition) is 8. The monoisotopic (exact) mass is 386 g/mol. The van der Waals surface area contributed by atoms with Crippen LogP contribution in [0, 0.1) is 15.9 Å². The van der Waals surface area contributed by atoms with Gasteiger partial charge < -0.3 is 19.3 Å². The van der Waals surface area contributed by atoms with E-state index in [0.29, 0.717) is 37.8 Å². The Morgan fingerprint density at radius 3 is 2.89 bits per heavy atom. The summed E-state index contributed by atoms with van der Waals surface area (Å²) < 4.78 is 26.3. The quantitative estimate of drug-likeness (QED) is 0.495. The van der Waals surface area contributed by atoms with E-state index in [9.17, 15) is 14.5 Å². The largest absolute Gasteiger partial charge is 0.438 e. The molecule has 1 atom stereocenters. The number of halogens is 1. The first kappa shape index (κ1) is 16.8. The van der Waals surface area contributed by atoms with E-state index < -0.39 is 16.3 Å². The Balaban J connectivity index is 1.26. The van der Waals surface area contributed by atoms with Crippen LogP contribution in [-0.2, 0) is 19.6 Å². The molecular weight excluding hydrogens is 371 g/mol. The second-order valence-corrected chi connectivity index (χ2v) is 7.21. The Morgan fingerprint density at radius 2 is 2.21 bits per heavy atom. The molecule has 144 valence electrons. The molecule has 0 aromatic carbocycles. The van der Waals surface area contributed by atoms with Crippen LogP contribution >= 0.6 is 0 Å². The predicted octanol–water partition coefficient (Wildman–Crippen LogP) is 2.15. The number of hydrogen-bond donors (Lipinski definition) is 0. The molecule has 3 aromatic heterocycles. The Morgan fingerprint density at radius 1 is 1.36 bits per heavy atom. The summed E-state index contributed by atoms with van der Waals surface area (Å²) in [7, 11) is 0. The summed E-state index contributed by atoms with van der Waals surface area (Å²) in [5, 5.41) is 10.8. The highest BCUT2D eigenvalue weighted by molar-refractivity contribution is 5.47. The molecule has 11 heteroatoms. The first-order chi connectivity index (χ1) is 13.4. The van der Waals surface area contributed by atoms with E-state index >= 15 is 0 Å². The van der Waals surface area contributed by atoms with Gasteiger partial charge in [-0.05, 0) is 24.0 Å². The van der Waals surface area contributed by atoms with E-state index in [1.807, 2.05) is 6.92 Å². The standard InChI is InChI=1S/C17H15FN6O4/c1-17(9-23-7-14(24(25)26)21-16(23)28-17)8-22-5-12-13(6-22)27-15(20-12)11-3-2-10(18)4-19-11/h2-4,7H,5-6,8-9H2,1H3. The van der Waals surface area contributed by atoms with Crippen molar-refractivity contribution in [3.8, 4) is 17.6 Å². The Hall–Kier alpha value is -3.34. The first-order valence-corrected chi connectivity index (χ1v) is 8.62. The minimum atomic E-state index is -0.553. The van der Waals surface area contributed by atoms with Crippen LogP contribution in [0.4, 0.5) is 10.2 Å². The van der Waals surface area contributed by atoms with Crippen molar-refractivity contribution in [1.82, 2.24) is 24.4 Å². The molecule has 1 unspecified atom stereocenters. The van der Waals surface area contributed by atoms with E-state index in [2.05, 4.69) is 19.9 Å². The van der Waals surface area contributed by atoms with Gasteiger partial charge in [-0.2, -0.15) is 0 Å². The molecule has 2 aliphatic rings. The Kier molecular flexibility index (Phi) is 3.50. The zero-order chi connectivity index (χ0) is 19.5. The number of pyridine rings is 1. The fourth-order valence-electron chi connectivity index (χ4n) is 3.66. The summed E-state index contributed by atoms with van der Waals surface area (Å²) in [4.78, 5) is 24.8. The lowest BCUT2D eigenvalue weighted by molar-refractivity contribution is -0.389. The maximum atomic E-state index is 13.0. The molecule has 0 amide bonds. The van der Waals surface area contributed by atoms with Crippen LogP contribution in [0.25, 0.3) is 11.6 Å². The molecule has 28 heavy (non-hydrogen) atoms. The summed E-state index contributed by atoms with van der Waals surface area (Å²) in [6.45, 7) is 4.14. The van der Waals surface area contributed by atoms with Crippen LogP contribution in [0.5, 0.6) is 6.01 Å². The third kappa shape index (κ3) is 2.80. The summed E-state index contributed by atoms with van der Waals surface area (Å²) in [5.41, 5.74) is 0.749. The van der Waals surface area contributed by atoms with Crippen molar-refractivity contribution in [2.24, 2.45) is 0 Å². The molecule has 0 spiro atoms. The molecule has 0 radical (unpaired) electrons. The van der Waals surface area contributed by atoms with Gasteiger partial charge in [0.15, 0.2) is 0 Å².